The fourth-order valence-corrected chi connectivity index (χ4v) is 3.68. The van der Waals surface area contributed by atoms with Crippen LogP contribution >= 0.6 is 0 Å². The summed E-state index contributed by atoms with van der Waals surface area (Å²) in [4.78, 5) is 0. The summed E-state index contributed by atoms with van der Waals surface area (Å²) < 4.78 is 0. The Bertz CT molecular complexity index is 399. The average molecular weight is 347 g/mol. The van der Waals surface area contributed by atoms with Crippen molar-refractivity contribution in [1.82, 2.24) is 0 Å². The van der Waals surface area contributed by atoms with Crippen molar-refractivity contribution in [3.05, 3.63) is 35.4 Å². The van der Waals surface area contributed by atoms with Gasteiger partial charge in [-0.3, -0.25) is 0 Å². The Kier molecular flexibility index (Phi) is 14.8. The van der Waals surface area contributed by atoms with Crippen LogP contribution < -0.4 is 0 Å². The Morgan fingerprint density at radius 3 is 1.40 bits per heavy atom. The maximum absolute atomic E-state index is 9.14. The van der Waals surface area contributed by atoms with Crippen LogP contribution in [-0.2, 0) is 12.8 Å². The molecule has 25 heavy (non-hydrogen) atoms. The van der Waals surface area contributed by atoms with Gasteiger partial charge in [-0.15, -0.1) is 0 Å². The zero-order chi connectivity index (χ0) is 18.0. The number of unbranched alkanes of at least 4 members (excludes halogenated alkanes) is 13. The largest absolute Gasteiger partial charge is 0.396 e. The van der Waals surface area contributed by atoms with E-state index in [1.807, 2.05) is 0 Å². The average Bonchev–Trinajstić information content (AvgIpc) is 2.63. The molecule has 0 spiro atoms. The van der Waals surface area contributed by atoms with Gasteiger partial charge in [0, 0.05) is 6.61 Å². The molecule has 0 radical (unpaired) electrons. The van der Waals surface area contributed by atoms with Gasteiger partial charge in [0.15, 0.2) is 0 Å². The minimum atomic E-state index is 0.260. The van der Waals surface area contributed by atoms with Crippen molar-refractivity contribution in [1.29, 1.82) is 0 Å². The van der Waals surface area contributed by atoms with Crippen molar-refractivity contribution < 1.29 is 5.11 Å². The minimum Gasteiger partial charge on any atom is -0.396 e. The summed E-state index contributed by atoms with van der Waals surface area (Å²) in [5.74, 6) is 0. The van der Waals surface area contributed by atoms with Gasteiger partial charge in [-0.1, -0.05) is 115 Å². The zero-order valence-corrected chi connectivity index (χ0v) is 16.8. The van der Waals surface area contributed by atoms with Gasteiger partial charge < -0.3 is 5.11 Å². The van der Waals surface area contributed by atoms with Gasteiger partial charge in [0.25, 0.3) is 0 Å². The summed E-state index contributed by atoms with van der Waals surface area (Å²) >= 11 is 0. The quantitative estimate of drug-likeness (QED) is 0.295. The molecule has 1 nitrogen and oxygen atoms in total. The third-order valence-corrected chi connectivity index (χ3v) is 5.30. The van der Waals surface area contributed by atoms with E-state index in [1.54, 1.807) is 0 Å². The predicted octanol–water partition coefficient (Wildman–Crippen LogP) is 7.25. The van der Waals surface area contributed by atoms with E-state index in [-0.39, 0.29) is 6.61 Å². The van der Waals surface area contributed by atoms with Crippen molar-refractivity contribution >= 4 is 0 Å². The second kappa shape index (κ2) is 16.6. The molecule has 0 saturated heterocycles. The number of benzene rings is 1. The number of hydrogen-bond acceptors (Lipinski definition) is 1. The molecule has 1 rings (SSSR count). The van der Waals surface area contributed by atoms with Crippen molar-refractivity contribution in [3.8, 4) is 0 Å². The van der Waals surface area contributed by atoms with Crippen LogP contribution in [0.1, 0.15) is 108 Å². The summed E-state index contributed by atoms with van der Waals surface area (Å²) in [5, 5.41) is 9.14. The molecule has 0 unspecified atom stereocenters. The van der Waals surface area contributed by atoms with Crippen molar-refractivity contribution in [2.45, 2.75) is 110 Å². The number of rotatable bonds is 17. The Hall–Kier alpha value is -0.820. The monoisotopic (exact) mass is 346 g/mol. The van der Waals surface area contributed by atoms with Crippen LogP contribution in [0.3, 0.4) is 0 Å². The lowest BCUT2D eigenvalue weighted by Crippen LogP contribution is -1.97. The van der Waals surface area contributed by atoms with E-state index in [0.29, 0.717) is 0 Å². The SMILES string of the molecule is CCCCCCCCCCCCCCCCc1ccccc1CCO. The number of hydrogen-bond donors (Lipinski definition) is 1. The number of aliphatic hydroxyl groups is 1. The van der Waals surface area contributed by atoms with Gasteiger partial charge in [0.05, 0.1) is 0 Å². The standard InChI is InChI=1S/C24H42O/c1-2-3-4-5-6-7-8-9-10-11-12-13-14-15-18-23-19-16-17-20-24(23)21-22-25/h16-17,19-20,25H,2-15,18,21-22H2,1H3. The predicted molar refractivity (Wildman–Crippen MR) is 111 cm³/mol. The van der Waals surface area contributed by atoms with Gasteiger partial charge in [0.2, 0.25) is 0 Å². The first-order chi connectivity index (χ1) is 12.4. The molecular formula is C24H42O. The third kappa shape index (κ3) is 12.2. The molecule has 144 valence electrons. The van der Waals surface area contributed by atoms with E-state index < -0.39 is 0 Å². The lowest BCUT2D eigenvalue weighted by Gasteiger charge is -2.08. The Morgan fingerprint density at radius 1 is 0.560 bits per heavy atom. The van der Waals surface area contributed by atoms with Crippen molar-refractivity contribution in [2.24, 2.45) is 0 Å². The summed E-state index contributed by atoms with van der Waals surface area (Å²) in [6, 6.07) is 8.60. The Labute approximate surface area is 157 Å². The van der Waals surface area contributed by atoms with Gasteiger partial charge in [-0.05, 0) is 30.4 Å². The minimum absolute atomic E-state index is 0.260. The molecule has 0 atom stereocenters. The van der Waals surface area contributed by atoms with Gasteiger partial charge in [0.1, 0.15) is 0 Å². The van der Waals surface area contributed by atoms with Crippen LogP contribution in [0, 0.1) is 0 Å². The molecule has 1 aromatic carbocycles. The van der Waals surface area contributed by atoms with Crippen molar-refractivity contribution in [3.63, 3.8) is 0 Å². The van der Waals surface area contributed by atoms with E-state index in [9.17, 15) is 0 Å². The van der Waals surface area contributed by atoms with Crippen LogP contribution in [0.4, 0.5) is 0 Å². The molecule has 0 fully saturated rings. The fourth-order valence-electron chi connectivity index (χ4n) is 3.68. The normalized spacial score (nSPS) is 11.1. The van der Waals surface area contributed by atoms with E-state index in [2.05, 4.69) is 31.2 Å². The van der Waals surface area contributed by atoms with Crippen LogP contribution in [0.5, 0.6) is 0 Å². The molecule has 0 saturated carbocycles. The van der Waals surface area contributed by atoms with Crippen LogP contribution in [0.25, 0.3) is 0 Å². The molecular weight excluding hydrogens is 304 g/mol. The summed E-state index contributed by atoms with van der Waals surface area (Å²) in [6.07, 6.45) is 21.8. The van der Waals surface area contributed by atoms with Gasteiger partial charge >= 0.3 is 0 Å². The summed E-state index contributed by atoms with van der Waals surface area (Å²) in [7, 11) is 0. The van der Waals surface area contributed by atoms with Crippen LogP contribution in [0.2, 0.25) is 0 Å². The first-order valence-electron chi connectivity index (χ1n) is 11.1. The highest BCUT2D eigenvalue weighted by Crippen LogP contribution is 2.16. The molecule has 0 amide bonds. The molecule has 1 N–H and O–H groups in total. The van der Waals surface area contributed by atoms with Crippen molar-refractivity contribution in [2.75, 3.05) is 6.61 Å². The van der Waals surface area contributed by atoms with Gasteiger partial charge in [-0.25, -0.2) is 0 Å². The van der Waals surface area contributed by atoms with Crippen LogP contribution in [-0.4, -0.2) is 11.7 Å². The Balaban J connectivity index is 1.88. The van der Waals surface area contributed by atoms with Gasteiger partial charge in [-0.2, -0.15) is 0 Å². The zero-order valence-electron chi connectivity index (χ0n) is 16.8. The molecule has 0 heterocycles. The summed E-state index contributed by atoms with van der Waals surface area (Å²) in [6.45, 7) is 2.55. The van der Waals surface area contributed by atoms with E-state index >= 15 is 0 Å². The molecule has 1 aromatic rings. The highest BCUT2D eigenvalue weighted by Gasteiger charge is 2.01. The van der Waals surface area contributed by atoms with E-state index in [1.165, 1.54) is 107 Å². The molecule has 1 heteroatoms. The highest BCUT2D eigenvalue weighted by molar-refractivity contribution is 5.27. The second-order valence-corrected chi connectivity index (χ2v) is 7.59. The number of aliphatic hydroxyl groups excluding tert-OH is 1. The molecule has 0 bridgehead atoms. The number of aryl methyl sites for hydroxylation is 1. The second-order valence-electron chi connectivity index (χ2n) is 7.59. The molecule has 0 aromatic heterocycles. The summed E-state index contributed by atoms with van der Waals surface area (Å²) in [5.41, 5.74) is 2.77. The van der Waals surface area contributed by atoms with E-state index in [0.717, 1.165) is 6.42 Å². The topological polar surface area (TPSA) is 20.2 Å². The lowest BCUT2D eigenvalue weighted by molar-refractivity contribution is 0.299. The highest BCUT2D eigenvalue weighted by atomic mass is 16.2. The Morgan fingerprint density at radius 2 is 0.960 bits per heavy atom. The molecule has 0 aliphatic heterocycles. The first kappa shape index (κ1) is 22.2. The smallest absolute Gasteiger partial charge is 0.0471 e. The molecule has 0 aliphatic rings. The maximum Gasteiger partial charge on any atom is 0.0471 e. The first-order valence-corrected chi connectivity index (χ1v) is 11.1. The van der Waals surface area contributed by atoms with E-state index in [4.69, 9.17) is 5.11 Å². The fraction of sp³-hybridized carbons (Fsp3) is 0.750. The third-order valence-electron chi connectivity index (χ3n) is 5.30. The van der Waals surface area contributed by atoms with Crippen LogP contribution in [0.15, 0.2) is 24.3 Å². The maximum atomic E-state index is 9.14. The lowest BCUT2D eigenvalue weighted by atomic mass is 9.98. The molecule has 0 aliphatic carbocycles.